The molecule has 8 nitrogen and oxygen atoms in total. The molecule has 0 radical (unpaired) electrons. The zero-order valence-electron chi connectivity index (χ0n) is 17.5. The number of benzene rings is 1. The maximum Gasteiger partial charge on any atom is 0.257 e. The Morgan fingerprint density at radius 1 is 1.06 bits per heavy atom. The summed E-state index contributed by atoms with van der Waals surface area (Å²) in [6.45, 7) is 0. The minimum absolute atomic E-state index is 0.0905. The van der Waals surface area contributed by atoms with E-state index in [1.165, 1.54) is 13.2 Å². The zero-order chi connectivity index (χ0) is 24.6. The highest BCUT2D eigenvalue weighted by molar-refractivity contribution is 9.13. The number of fused-ring (bicyclic) bond motifs is 3. The predicted octanol–water partition coefficient (Wildman–Crippen LogP) is 4.08. The van der Waals surface area contributed by atoms with Gasteiger partial charge in [-0.1, -0.05) is 11.6 Å². The van der Waals surface area contributed by atoms with Crippen molar-refractivity contribution in [1.82, 2.24) is 5.06 Å². The summed E-state index contributed by atoms with van der Waals surface area (Å²) in [6, 6.07) is 1.58. The van der Waals surface area contributed by atoms with Gasteiger partial charge >= 0.3 is 0 Å². The van der Waals surface area contributed by atoms with Gasteiger partial charge in [-0.15, -0.1) is 0 Å². The fourth-order valence-electron chi connectivity index (χ4n) is 5.52. The summed E-state index contributed by atoms with van der Waals surface area (Å²) in [4.78, 5) is 51.7. The summed E-state index contributed by atoms with van der Waals surface area (Å²) < 4.78 is 6.20. The average molecular weight is 658 g/mol. The van der Waals surface area contributed by atoms with E-state index in [1.54, 1.807) is 6.07 Å². The number of ketones is 2. The van der Waals surface area contributed by atoms with E-state index in [4.69, 9.17) is 4.74 Å². The van der Waals surface area contributed by atoms with E-state index in [0.29, 0.717) is 20.1 Å². The quantitative estimate of drug-likeness (QED) is 0.213. The molecule has 1 fully saturated rings. The van der Waals surface area contributed by atoms with Gasteiger partial charge in [-0.2, -0.15) is 5.06 Å². The van der Waals surface area contributed by atoms with Crippen LogP contribution in [0.5, 0.6) is 11.5 Å². The van der Waals surface area contributed by atoms with Crippen molar-refractivity contribution in [1.29, 1.82) is 0 Å². The number of imide groups is 1. The first kappa shape index (κ1) is 23.7. The molecule has 0 bridgehead atoms. The fourth-order valence-corrected chi connectivity index (χ4v) is 6.93. The summed E-state index contributed by atoms with van der Waals surface area (Å²) in [5, 5.41) is 20.6. The zero-order valence-corrected chi connectivity index (χ0v) is 22.2. The van der Waals surface area contributed by atoms with Gasteiger partial charge in [0.05, 0.1) is 27.9 Å². The number of rotatable bonds is 2. The highest BCUT2D eigenvalue weighted by atomic mass is 79.9. The van der Waals surface area contributed by atoms with Gasteiger partial charge in [0.25, 0.3) is 11.8 Å². The highest BCUT2D eigenvalue weighted by Gasteiger charge is 2.56. The molecular formula is C23H16Br3NO7. The van der Waals surface area contributed by atoms with Gasteiger partial charge in [-0.05, 0) is 78.2 Å². The van der Waals surface area contributed by atoms with E-state index < -0.39 is 35.5 Å². The van der Waals surface area contributed by atoms with Crippen LogP contribution < -0.4 is 4.74 Å². The number of methoxy groups -OCH3 is 1. The molecule has 1 saturated heterocycles. The van der Waals surface area contributed by atoms with Crippen molar-refractivity contribution in [2.24, 2.45) is 17.8 Å². The number of amides is 2. The van der Waals surface area contributed by atoms with E-state index in [0.717, 1.165) is 0 Å². The molecule has 0 aromatic heterocycles. The summed E-state index contributed by atoms with van der Waals surface area (Å²) in [7, 11) is 1.39. The summed E-state index contributed by atoms with van der Waals surface area (Å²) in [6.07, 6.45) is 3.37. The first-order chi connectivity index (χ1) is 16.1. The van der Waals surface area contributed by atoms with Crippen LogP contribution in [0, 0.1) is 17.8 Å². The number of halogens is 3. The van der Waals surface area contributed by atoms with Crippen LogP contribution in [-0.4, -0.2) is 45.9 Å². The van der Waals surface area contributed by atoms with Crippen LogP contribution in [0.1, 0.15) is 24.3 Å². The number of ether oxygens (including phenoxy) is 1. The number of phenols is 1. The Balaban J connectivity index is 1.78. The first-order valence-electron chi connectivity index (χ1n) is 10.3. The molecule has 1 heterocycles. The number of carbonyl (C=O) groups is 4. The summed E-state index contributed by atoms with van der Waals surface area (Å²) in [5.41, 5.74) is 1.81. The van der Waals surface area contributed by atoms with Crippen molar-refractivity contribution >= 4 is 71.2 Å². The van der Waals surface area contributed by atoms with Gasteiger partial charge in [0.15, 0.2) is 23.1 Å². The Bertz CT molecular complexity index is 1310. The van der Waals surface area contributed by atoms with Crippen LogP contribution in [0.4, 0.5) is 0 Å². The lowest BCUT2D eigenvalue weighted by atomic mass is 9.59. The Kier molecular flexibility index (Phi) is 5.74. The van der Waals surface area contributed by atoms with Crippen molar-refractivity contribution in [3.63, 3.8) is 0 Å². The van der Waals surface area contributed by atoms with Crippen LogP contribution >= 0.6 is 47.8 Å². The van der Waals surface area contributed by atoms with Crippen molar-refractivity contribution in [2.45, 2.75) is 18.8 Å². The van der Waals surface area contributed by atoms with E-state index in [1.807, 2.05) is 6.08 Å². The molecule has 1 aromatic rings. The maximum absolute atomic E-state index is 13.2. The van der Waals surface area contributed by atoms with Crippen molar-refractivity contribution in [2.75, 3.05) is 7.11 Å². The standard InChI is InChI=1S/C23H16Br3NO7/c1-34-14-5-10(18(25)19(26)21(14)30)15-7-2-3-8-16(23(32)27(33)22(8)31)9(7)4-11-17(15)13(28)6-12(24)20(11)29/h2,5-6,8-9,15-16,30,33H,3-4H2,1H3. The number of allylic oxidation sites excluding steroid dienone is 6. The van der Waals surface area contributed by atoms with Crippen molar-refractivity contribution in [3.05, 3.63) is 53.9 Å². The molecule has 2 amide bonds. The van der Waals surface area contributed by atoms with Gasteiger partial charge < -0.3 is 9.84 Å². The second-order valence-corrected chi connectivity index (χ2v) is 11.0. The Labute approximate surface area is 218 Å². The van der Waals surface area contributed by atoms with Gasteiger partial charge in [0.1, 0.15) is 0 Å². The molecule has 4 aliphatic rings. The molecule has 3 aliphatic carbocycles. The maximum atomic E-state index is 13.2. The minimum Gasteiger partial charge on any atom is -0.503 e. The third kappa shape index (κ3) is 3.16. The molecule has 5 rings (SSSR count). The fraction of sp³-hybridized carbons (Fsp3) is 0.304. The van der Waals surface area contributed by atoms with Crippen LogP contribution in [0.15, 0.2) is 48.4 Å². The Hall–Kier alpha value is -2.08. The van der Waals surface area contributed by atoms with E-state index >= 15 is 0 Å². The van der Waals surface area contributed by atoms with Gasteiger partial charge in [0, 0.05) is 27.6 Å². The molecule has 11 heteroatoms. The highest BCUT2D eigenvalue weighted by Crippen LogP contribution is 2.57. The molecule has 2 N–H and O–H groups in total. The largest absolute Gasteiger partial charge is 0.503 e. The Morgan fingerprint density at radius 3 is 2.44 bits per heavy atom. The molecule has 1 aromatic carbocycles. The molecule has 4 unspecified atom stereocenters. The third-order valence-electron chi connectivity index (χ3n) is 7.01. The number of phenolic OH excluding ortho intramolecular Hbond substituents is 1. The van der Waals surface area contributed by atoms with Crippen LogP contribution in [0.3, 0.4) is 0 Å². The number of aromatic hydroxyl groups is 1. The lowest BCUT2D eigenvalue weighted by Crippen LogP contribution is -2.39. The van der Waals surface area contributed by atoms with Crippen LogP contribution in [-0.2, 0) is 19.2 Å². The monoisotopic (exact) mass is 655 g/mol. The second kappa shape index (κ2) is 8.25. The van der Waals surface area contributed by atoms with Gasteiger partial charge in [-0.25, -0.2) is 0 Å². The summed E-state index contributed by atoms with van der Waals surface area (Å²) >= 11 is 10.0. The van der Waals surface area contributed by atoms with Crippen LogP contribution in [0.2, 0.25) is 0 Å². The molecule has 1 aliphatic heterocycles. The van der Waals surface area contributed by atoms with E-state index in [9.17, 15) is 29.5 Å². The average Bonchev–Trinajstić information content (AvgIpc) is 3.04. The van der Waals surface area contributed by atoms with Crippen LogP contribution in [0.25, 0.3) is 0 Å². The summed E-state index contributed by atoms with van der Waals surface area (Å²) in [5.74, 6) is -4.95. The molecule has 34 heavy (non-hydrogen) atoms. The number of nitrogens with zero attached hydrogens (tertiary/aromatic N) is 1. The molecule has 0 saturated carbocycles. The smallest absolute Gasteiger partial charge is 0.257 e. The molecule has 0 spiro atoms. The number of hydroxylamine groups is 2. The number of carbonyl (C=O) groups excluding carboxylic acids is 4. The lowest BCUT2D eigenvalue weighted by molar-refractivity contribution is -0.173. The topological polar surface area (TPSA) is 121 Å². The molecule has 176 valence electrons. The predicted molar refractivity (Wildman–Crippen MR) is 128 cm³/mol. The minimum atomic E-state index is -0.845. The molecular weight excluding hydrogens is 642 g/mol. The normalized spacial score (nSPS) is 28.4. The second-order valence-electron chi connectivity index (χ2n) is 8.53. The number of hydrogen-bond donors (Lipinski definition) is 2. The SMILES string of the molecule is COc1cc(C2C3=CCC4C(=O)N(O)C(=O)C4C3CC3=C2C(=O)C=C(Br)C3=O)c(Br)c(Br)c1O. The lowest BCUT2D eigenvalue weighted by Gasteiger charge is -2.42. The number of Topliss-reactive ketones (excluding diaryl/α,β-unsaturated/α-hetero) is 1. The van der Waals surface area contributed by atoms with E-state index in [-0.39, 0.29) is 56.6 Å². The number of hydrogen-bond acceptors (Lipinski definition) is 7. The Morgan fingerprint density at radius 2 is 1.76 bits per heavy atom. The van der Waals surface area contributed by atoms with Gasteiger partial charge in [0.2, 0.25) is 0 Å². The first-order valence-corrected chi connectivity index (χ1v) is 12.7. The van der Waals surface area contributed by atoms with E-state index in [2.05, 4.69) is 47.8 Å². The van der Waals surface area contributed by atoms with Gasteiger partial charge in [-0.3, -0.25) is 24.4 Å². The van der Waals surface area contributed by atoms with Crippen molar-refractivity contribution in [3.8, 4) is 11.5 Å². The van der Waals surface area contributed by atoms with Crippen molar-refractivity contribution < 1.29 is 34.2 Å². The third-order valence-corrected chi connectivity index (χ3v) is 9.76. The molecule has 4 atom stereocenters.